The lowest BCUT2D eigenvalue weighted by Gasteiger charge is -2.40. The molecule has 6 rings (SSSR count). The molecule has 1 saturated carbocycles. The molecule has 36 heavy (non-hydrogen) atoms. The van der Waals surface area contributed by atoms with Crippen LogP contribution in [0.5, 0.6) is 11.5 Å². The Morgan fingerprint density at radius 1 is 0.944 bits per heavy atom. The van der Waals surface area contributed by atoms with Crippen LogP contribution in [-0.2, 0) is 14.3 Å². The molecule has 186 valence electrons. The molecule has 4 aliphatic rings. The van der Waals surface area contributed by atoms with Gasteiger partial charge in [-0.25, -0.2) is 0 Å². The van der Waals surface area contributed by atoms with Crippen LogP contribution in [0.2, 0.25) is 0 Å². The number of carbonyl (C=O) groups excluding carboxylic acids is 2. The van der Waals surface area contributed by atoms with Gasteiger partial charge in [-0.2, -0.15) is 0 Å². The number of benzene rings is 2. The third-order valence-electron chi connectivity index (χ3n) is 7.95. The zero-order chi connectivity index (χ0) is 24.6. The van der Waals surface area contributed by atoms with E-state index in [0.717, 1.165) is 42.5 Å². The summed E-state index contributed by atoms with van der Waals surface area (Å²) in [6, 6.07) is 15.8. The zero-order valence-corrected chi connectivity index (χ0v) is 20.3. The largest absolute Gasteiger partial charge is 0.462 e. The van der Waals surface area contributed by atoms with Gasteiger partial charge in [-0.15, -0.1) is 0 Å². The normalized spacial score (nSPS) is 25.8. The van der Waals surface area contributed by atoms with E-state index in [0.29, 0.717) is 35.6 Å². The third kappa shape index (κ3) is 4.19. The van der Waals surface area contributed by atoms with Crippen LogP contribution in [0.25, 0.3) is 0 Å². The Hall–Kier alpha value is -3.54. The second-order valence-corrected chi connectivity index (χ2v) is 10.2. The molecule has 1 fully saturated rings. The molecule has 2 aliphatic carbocycles. The van der Waals surface area contributed by atoms with Crippen molar-refractivity contribution in [2.24, 2.45) is 5.92 Å². The van der Waals surface area contributed by atoms with E-state index in [2.05, 4.69) is 24.0 Å². The number of ketones is 1. The maximum absolute atomic E-state index is 13.8. The second-order valence-electron chi connectivity index (χ2n) is 10.2. The number of esters is 1. The smallest absolute Gasteiger partial charge is 0.316 e. The summed E-state index contributed by atoms with van der Waals surface area (Å²) in [5.41, 5.74) is 4.09. The van der Waals surface area contributed by atoms with Gasteiger partial charge in [0.05, 0.1) is 0 Å². The van der Waals surface area contributed by atoms with E-state index in [9.17, 15) is 9.59 Å². The van der Waals surface area contributed by atoms with Crippen LogP contribution in [-0.4, -0.2) is 24.6 Å². The standard InChI is InChI=1S/C30H31NO5/c1-18-27(30(33)36-22-10-6-3-7-11-22)28(20-12-13-25-26(16-20)35-17-34-25)29-23(31-18)14-21(15-24(29)32)19-8-4-2-5-9-19/h2,4-5,8-9,12-13,16,21-22,27-28,31H,1,3,6-7,10-11,14-15,17H2. The minimum Gasteiger partial charge on any atom is -0.462 e. The van der Waals surface area contributed by atoms with Crippen molar-refractivity contribution in [3.63, 3.8) is 0 Å². The molecular formula is C30H31NO5. The summed E-state index contributed by atoms with van der Waals surface area (Å²) in [4.78, 5) is 27.4. The molecule has 0 amide bonds. The number of hydrogen-bond acceptors (Lipinski definition) is 6. The lowest BCUT2D eigenvalue weighted by molar-refractivity contribution is -0.155. The van der Waals surface area contributed by atoms with Crippen molar-refractivity contribution in [2.45, 2.75) is 62.9 Å². The fraction of sp³-hybridized carbons (Fsp3) is 0.400. The molecule has 2 heterocycles. The molecule has 1 N–H and O–H groups in total. The molecule has 0 saturated heterocycles. The summed E-state index contributed by atoms with van der Waals surface area (Å²) < 4.78 is 17.2. The maximum atomic E-state index is 13.8. The highest BCUT2D eigenvalue weighted by Crippen LogP contribution is 2.49. The van der Waals surface area contributed by atoms with Crippen LogP contribution in [0.3, 0.4) is 0 Å². The number of ether oxygens (including phenoxy) is 3. The van der Waals surface area contributed by atoms with Crippen molar-refractivity contribution < 1.29 is 23.8 Å². The van der Waals surface area contributed by atoms with E-state index < -0.39 is 11.8 Å². The molecular weight excluding hydrogens is 454 g/mol. The van der Waals surface area contributed by atoms with Crippen molar-refractivity contribution in [2.75, 3.05) is 6.79 Å². The first-order valence-corrected chi connectivity index (χ1v) is 13.0. The third-order valence-corrected chi connectivity index (χ3v) is 7.95. The SMILES string of the molecule is C=C1NC2=C(C(=O)CC(c3ccccc3)C2)C(c2ccc3c(c2)OCO3)C1C(=O)OC1CCCCC1. The predicted octanol–water partition coefficient (Wildman–Crippen LogP) is 5.51. The van der Waals surface area contributed by atoms with E-state index in [1.807, 2.05) is 36.4 Å². The maximum Gasteiger partial charge on any atom is 0.316 e. The quantitative estimate of drug-likeness (QED) is 0.576. The first kappa shape index (κ1) is 22.9. The van der Waals surface area contributed by atoms with Crippen LogP contribution in [0, 0.1) is 5.92 Å². The first-order chi connectivity index (χ1) is 17.6. The Bertz CT molecular complexity index is 1230. The van der Waals surface area contributed by atoms with Gasteiger partial charge in [-0.1, -0.05) is 49.4 Å². The van der Waals surface area contributed by atoms with Crippen molar-refractivity contribution in [1.29, 1.82) is 0 Å². The number of nitrogens with one attached hydrogen (secondary N) is 1. The fourth-order valence-corrected chi connectivity index (χ4v) is 6.17. The lowest BCUT2D eigenvalue weighted by atomic mass is 9.69. The summed E-state index contributed by atoms with van der Waals surface area (Å²) in [6.07, 6.45) is 6.12. The fourth-order valence-electron chi connectivity index (χ4n) is 6.17. The van der Waals surface area contributed by atoms with Crippen LogP contribution >= 0.6 is 0 Å². The average molecular weight is 486 g/mol. The van der Waals surface area contributed by atoms with Crippen LogP contribution in [0.15, 0.2) is 72.1 Å². The monoisotopic (exact) mass is 485 g/mol. The van der Waals surface area contributed by atoms with Gasteiger partial charge in [0.15, 0.2) is 17.3 Å². The van der Waals surface area contributed by atoms with E-state index in [1.54, 1.807) is 0 Å². The highest BCUT2D eigenvalue weighted by molar-refractivity contribution is 6.01. The predicted molar refractivity (Wildman–Crippen MR) is 134 cm³/mol. The first-order valence-electron chi connectivity index (χ1n) is 13.0. The molecule has 3 unspecified atom stereocenters. The zero-order valence-electron chi connectivity index (χ0n) is 20.3. The summed E-state index contributed by atoms with van der Waals surface area (Å²) in [7, 11) is 0. The number of hydrogen-bond donors (Lipinski definition) is 1. The van der Waals surface area contributed by atoms with E-state index in [-0.39, 0.29) is 30.6 Å². The Morgan fingerprint density at radius 3 is 2.53 bits per heavy atom. The van der Waals surface area contributed by atoms with E-state index >= 15 is 0 Å². The average Bonchev–Trinajstić information content (AvgIpc) is 3.37. The summed E-state index contributed by atoms with van der Waals surface area (Å²) >= 11 is 0. The summed E-state index contributed by atoms with van der Waals surface area (Å²) in [5.74, 6) is -0.0488. The number of allylic oxidation sites excluding steroid dienone is 2. The van der Waals surface area contributed by atoms with Gasteiger partial charge in [0.2, 0.25) is 6.79 Å². The summed E-state index contributed by atoms with van der Waals surface area (Å²) in [5, 5.41) is 3.38. The number of rotatable bonds is 4. The molecule has 2 aromatic carbocycles. The van der Waals surface area contributed by atoms with Crippen molar-refractivity contribution in [1.82, 2.24) is 5.32 Å². The van der Waals surface area contributed by atoms with Crippen LogP contribution < -0.4 is 14.8 Å². The topological polar surface area (TPSA) is 73.9 Å². The number of fused-ring (bicyclic) bond motifs is 1. The van der Waals surface area contributed by atoms with Gasteiger partial charge in [0, 0.05) is 29.3 Å². The van der Waals surface area contributed by atoms with Gasteiger partial charge in [-0.3, -0.25) is 9.59 Å². The molecule has 3 atom stereocenters. The van der Waals surface area contributed by atoms with Gasteiger partial charge in [0.1, 0.15) is 12.0 Å². The Labute approximate surface area is 211 Å². The second kappa shape index (κ2) is 9.49. The molecule has 2 aliphatic heterocycles. The molecule has 0 radical (unpaired) electrons. The molecule has 2 aromatic rings. The molecule has 6 heteroatoms. The highest BCUT2D eigenvalue weighted by atomic mass is 16.7. The number of carbonyl (C=O) groups is 2. The lowest BCUT2D eigenvalue weighted by Crippen LogP contribution is -2.43. The molecule has 0 aromatic heterocycles. The van der Waals surface area contributed by atoms with Gasteiger partial charge >= 0.3 is 5.97 Å². The summed E-state index contributed by atoms with van der Waals surface area (Å²) in [6.45, 7) is 4.42. The van der Waals surface area contributed by atoms with Crippen molar-refractivity contribution in [3.8, 4) is 11.5 Å². The molecule has 6 nitrogen and oxygen atoms in total. The van der Waals surface area contributed by atoms with E-state index in [4.69, 9.17) is 14.2 Å². The molecule has 0 bridgehead atoms. The highest BCUT2D eigenvalue weighted by Gasteiger charge is 2.46. The van der Waals surface area contributed by atoms with Crippen LogP contribution in [0.1, 0.15) is 67.9 Å². The van der Waals surface area contributed by atoms with Gasteiger partial charge in [0.25, 0.3) is 0 Å². The van der Waals surface area contributed by atoms with Crippen molar-refractivity contribution in [3.05, 3.63) is 83.2 Å². The Kier molecular flexibility index (Phi) is 6.04. The van der Waals surface area contributed by atoms with E-state index in [1.165, 1.54) is 6.42 Å². The van der Waals surface area contributed by atoms with Gasteiger partial charge in [-0.05, 0) is 61.3 Å². The minimum atomic E-state index is -0.691. The van der Waals surface area contributed by atoms with Crippen LogP contribution in [0.4, 0.5) is 0 Å². The van der Waals surface area contributed by atoms with Gasteiger partial charge < -0.3 is 19.5 Å². The Balaban J connectivity index is 1.39. The minimum absolute atomic E-state index is 0.0586. The number of Topliss-reactive ketones (excluding diaryl/α,β-unsaturated/α-hetero) is 1. The van der Waals surface area contributed by atoms with Crippen molar-refractivity contribution >= 4 is 11.8 Å². The Morgan fingerprint density at radius 2 is 1.72 bits per heavy atom. The molecule has 0 spiro atoms.